The number of nitrogens with zero attached hydrogens (tertiary/aromatic N) is 2. The Balaban J connectivity index is 1.49. The largest absolute Gasteiger partial charge is 0.503 e. The number of phenols is 1. The maximum Gasteiger partial charge on any atom is 0.260 e. The van der Waals surface area contributed by atoms with Crippen LogP contribution in [0.25, 0.3) is 0 Å². The highest BCUT2D eigenvalue weighted by atomic mass is 79.9. The van der Waals surface area contributed by atoms with Gasteiger partial charge in [-0.15, -0.1) is 0 Å². The number of carbonyl (C=O) groups is 4. The van der Waals surface area contributed by atoms with Gasteiger partial charge in [-0.3, -0.25) is 29.8 Å². The van der Waals surface area contributed by atoms with E-state index in [1.165, 1.54) is 7.11 Å². The number of fused-ring (bicyclic) bond motifs is 4. The van der Waals surface area contributed by atoms with E-state index in [1.54, 1.807) is 24.3 Å². The van der Waals surface area contributed by atoms with Crippen LogP contribution in [0, 0.1) is 30.6 Å². The lowest BCUT2D eigenvalue weighted by Crippen LogP contribution is -2.53. The van der Waals surface area contributed by atoms with E-state index < -0.39 is 58.6 Å². The summed E-state index contributed by atoms with van der Waals surface area (Å²) < 4.78 is 5.83. The maximum absolute atomic E-state index is 15.1. The van der Waals surface area contributed by atoms with Crippen LogP contribution in [0.2, 0.25) is 0 Å². The van der Waals surface area contributed by atoms with Crippen LogP contribution >= 0.6 is 15.9 Å². The molecule has 3 aromatic carbocycles. The molecule has 6 atom stereocenters. The molecule has 2 aliphatic heterocycles. The van der Waals surface area contributed by atoms with Crippen LogP contribution in [0.5, 0.6) is 11.5 Å². The van der Waals surface area contributed by atoms with Crippen molar-refractivity contribution >= 4 is 45.2 Å². The molecule has 0 radical (unpaired) electrons. The van der Waals surface area contributed by atoms with E-state index in [0.29, 0.717) is 21.3 Å². The predicted molar refractivity (Wildman–Crippen MR) is 165 cm³/mol. The quantitative estimate of drug-likeness (QED) is 0.199. The summed E-state index contributed by atoms with van der Waals surface area (Å²) in [4.78, 5) is 55.8. The second-order valence-corrected chi connectivity index (χ2v) is 13.0. The number of imide groups is 2. The van der Waals surface area contributed by atoms with Crippen molar-refractivity contribution in [3.63, 3.8) is 0 Å². The van der Waals surface area contributed by atoms with E-state index in [1.807, 2.05) is 55.5 Å². The highest BCUT2D eigenvalue weighted by molar-refractivity contribution is 9.10. The van der Waals surface area contributed by atoms with Crippen LogP contribution in [-0.2, 0) is 24.6 Å². The number of ether oxygens (including phenoxy) is 1. The minimum Gasteiger partial charge on any atom is -0.503 e. The number of halogens is 1. The lowest BCUT2D eigenvalue weighted by Gasteiger charge is -2.50. The first-order valence-corrected chi connectivity index (χ1v) is 15.5. The van der Waals surface area contributed by atoms with Crippen LogP contribution < -0.4 is 10.2 Å². The van der Waals surface area contributed by atoms with E-state index in [0.717, 1.165) is 16.1 Å². The number of aromatic hydroxyl groups is 1. The zero-order chi connectivity index (χ0) is 31.8. The lowest BCUT2D eigenvalue weighted by molar-refractivity contribution is -0.173. The van der Waals surface area contributed by atoms with Crippen molar-refractivity contribution in [2.24, 2.45) is 23.7 Å². The Morgan fingerprint density at radius 1 is 0.956 bits per heavy atom. The molecule has 1 saturated carbocycles. The smallest absolute Gasteiger partial charge is 0.260 e. The standard InChI is InChI=1S/C34H30BrN3O7/c1-17-8-10-20(11-9-17)36-37-31(41)24-16-23-21(12-13-22-27(23)32(42)38(44)30(22)40)28(18-14-25(35)29(39)26(15-18)45-2)34(24,33(37)43)19-6-4-3-5-7-19/h3-12,14-15,22-24,27-28,36,39,44H,13,16H2,1-2H3. The van der Waals surface area contributed by atoms with Crippen LogP contribution in [0.1, 0.15) is 35.4 Å². The summed E-state index contributed by atoms with van der Waals surface area (Å²) >= 11 is 3.44. The summed E-state index contributed by atoms with van der Waals surface area (Å²) in [5.41, 5.74) is 5.09. The molecule has 3 fully saturated rings. The number of hydrazine groups is 1. The summed E-state index contributed by atoms with van der Waals surface area (Å²) in [5.74, 6) is -6.26. The van der Waals surface area contributed by atoms with Crippen LogP contribution in [-0.4, -0.2) is 51.1 Å². The minimum absolute atomic E-state index is 0.109. The van der Waals surface area contributed by atoms with Gasteiger partial charge in [-0.1, -0.05) is 59.7 Å². The number of phenolic OH excluding ortho intramolecular Hbond substituents is 1. The van der Waals surface area contributed by atoms with Crippen molar-refractivity contribution in [3.05, 3.63) is 99.5 Å². The number of allylic oxidation sites excluding steroid dienone is 2. The van der Waals surface area contributed by atoms with Crippen molar-refractivity contribution in [2.75, 3.05) is 12.5 Å². The molecule has 6 unspecified atom stereocenters. The van der Waals surface area contributed by atoms with Gasteiger partial charge in [0.15, 0.2) is 11.5 Å². The molecule has 2 heterocycles. The van der Waals surface area contributed by atoms with Crippen molar-refractivity contribution < 1.29 is 34.2 Å². The van der Waals surface area contributed by atoms with Gasteiger partial charge >= 0.3 is 0 Å². The summed E-state index contributed by atoms with van der Waals surface area (Å²) in [6, 6.07) is 19.8. The molecule has 45 heavy (non-hydrogen) atoms. The first kappa shape index (κ1) is 29.2. The average Bonchev–Trinajstić information content (AvgIpc) is 3.40. The minimum atomic E-state index is -1.46. The summed E-state index contributed by atoms with van der Waals surface area (Å²) in [5, 5.41) is 22.4. The van der Waals surface area contributed by atoms with E-state index >= 15 is 4.79 Å². The van der Waals surface area contributed by atoms with Crippen molar-refractivity contribution in [3.8, 4) is 11.5 Å². The van der Waals surface area contributed by atoms with Crippen molar-refractivity contribution in [1.29, 1.82) is 0 Å². The number of hydrogen-bond acceptors (Lipinski definition) is 8. The molecule has 3 aromatic rings. The summed E-state index contributed by atoms with van der Waals surface area (Å²) in [6.07, 6.45) is 2.19. The number of amides is 4. The second-order valence-electron chi connectivity index (χ2n) is 12.1. The monoisotopic (exact) mass is 671 g/mol. The first-order valence-electron chi connectivity index (χ1n) is 14.7. The van der Waals surface area contributed by atoms with Gasteiger partial charge in [0.2, 0.25) is 0 Å². The van der Waals surface area contributed by atoms with Gasteiger partial charge < -0.3 is 9.84 Å². The van der Waals surface area contributed by atoms with E-state index in [9.17, 15) is 24.7 Å². The number of benzene rings is 3. The Morgan fingerprint density at radius 2 is 1.67 bits per heavy atom. The first-order chi connectivity index (χ1) is 21.6. The third-order valence-corrected chi connectivity index (χ3v) is 10.6. The third kappa shape index (κ3) is 4.10. The fraction of sp³-hybridized carbons (Fsp3) is 0.294. The summed E-state index contributed by atoms with van der Waals surface area (Å²) in [6.45, 7) is 1.94. The van der Waals surface area contributed by atoms with Gasteiger partial charge in [-0.2, -0.15) is 10.1 Å². The SMILES string of the molecule is COc1cc(C2C3=CCC4C(=O)N(O)C(=O)C4C3CC3C(=O)N(Nc4ccc(C)cc4)C(=O)C32c2ccccc2)cc(Br)c1O. The van der Waals surface area contributed by atoms with Crippen LogP contribution in [0.4, 0.5) is 5.69 Å². The third-order valence-electron chi connectivity index (χ3n) is 9.97. The van der Waals surface area contributed by atoms with Gasteiger partial charge in [0, 0.05) is 5.92 Å². The van der Waals surface area contributed by atoms with Gasteiger partial charge in [-0.05, 0) is 77.0 Å². The molecule has 7 rings (SSSR count). The number of anilines is 1. The Bertz CT molecular complexity index is 1790. The van der Waals surface area contributed by atoms with E-state index in [2.05, 4.69) is 21.4 Å². The normalized spacial score (nSPS) is 28.9. The van der Waals surface area contributed by atoms with Crippen molar-refractivity contribution in [1.82, 2.24) is 10.1 Å². The molecule has 230 valence electrons. The highest BCUT2D eigenvalue weighted by Gasteiger charge is 2.70. The lowest BCUT2D eigenvalue weighted by atomic mass is 9.49. The fourth-order valence-electron chi connectivity index (χ4n) is 8.02. The number of hydroxylamine groups is 2. The van der Waals surface area contributed by atoms with Crippen LogP contribution in [0.3, 0.4) is 0 Å². The fourth-order valence-corrected chi connectivity index (χ4v) is 8.48. The number of aryl methyl sites for hydroxylation is 1. The van der Waals surface area contributed by atoms with Crippen LogP contribution in [0.15, 0.2) is 82.9 Å². The molecule has 2 aliphatic carbocycles. The Morgan fingerprint density at radius 3 is 2.36 bits per heavy atom. The molecule has 11 heteroatoms. The molecule has 2 saturated heterocycles. The highest BCUT2D eigenvalue weighted by Crippen LogP contribution is 2.64. The molecule has 0 aromatic heterocycles. The van der Waals surface area contributed by atoms with Gasteiger partial charge in [0.05, 0.1) is 40.4 Å². The molecule has 0 bridgehead atoms. The number of hydrogen-bond donors (Lipinski definition) is 3. The number of methoxy groups -OCH3 is 1. The Hall–Kier alpha value is -4.48. The average molecular weight is 673 g/mol. The number of rotatable bonds is 5. The molecule has 10 nitrogen and oxygen atoms in total. The molecule has 4 aliphatic rings. The second kappa shape index (κ2) is 10.6. The molecular formula is C34H30BrN3O7. The number of carbonyl (C=O) groups excluding carboxylic acids is 4. The molecule has 4 amide bonds. The predicted octanol–water partition coefficient (Wildman–Crippen LogP) is 4.85. The zero-order valence-corrected chi connectivity index (χ0v) is 26.0. The zero-order valence-electron chi connectivity index (χ0n) is 24.4. The summed E-state index contributed by atoms with van der Waals surface area (Å²) in [7, 11) is 1.42. The maximum atomic E-state index is 15.1. The molecule has 0 spiro atoms. The Kier molecular flexibility index (Phi) is 6.86. The topological polar surface area (TPSA) is 136 Å². The molecule has 3 N–H and O–H groups in total. The van der Waals surface area contributed by atoms with Crippen molar-refractivity contribution in [2.45, 2.75) is 31.1 Å². The number of nitrogens with one attached hydrogen (secondary N) is 1. The van der Waals surface area contributed by atoms with Gasteiger partial charge in [-0.25, -0.2) is 0 Å². The van der Waals surface area contributed by atoms with E-state index in [4.69, 9.17) is 4.74 Å². The molecular weight excluding hydrogens is 642 g/mol. The van der Waals surface area contributed by atoms with Gasteiger partial charge in [0.1, 0.15) is 0 Å². The van der Waals surface area contributed by atoms with E-state index in [-0.39, 0.29) is 29.4 Å². The Labute approximate surface area is 267 Å². The van der Waals surface area contributed by atoms with Gasteiger partial charge in [0.25, 0.3) is 23.6 Å².